The Morgan fingerprint density at radius 1 is 1.64 bits per heavy atom. The molecule has 1 N–H and O–H groups in total. The third-order valence-corrected chi connectivity index (χ3v) is 1.95. The summed E-state index contributed by atoms with van der Waals surface area (Å²) in [5, 5.41) is 3.29. The van der Waals surface area contributed by atoms with Crippen LogP contribution in [0.4, 0.5) is 0 Å². The van der Waals surface area contributed by atoms with E-state index in [0.717, 1.165) is 13.0 Å². The predicted molar refractivity (Wildman–Crippen MR) is 49.3 cm³/mol. The monoisotopic (exact) mass is 149 g/mol. The molecule has 0 amide bonds. The van der Waals surface area contributed by atoms with Crippen LogP contribution in [-0.4, -0.2) is 6.54 Å². The van der Waals surface area contributed by atoms with Gasteiger partial charge in [0.25, 0.3) is 0 Å². The highest BCUT2D eigenvalue weighted by atomic mass is 14.9. The molecule has 1 aliphatic rings. The van der Waals surface area contributed by atoms with Crippen molar-refractivity contribution < 1.29 is 0 Å². The maximum absolute atomic E-state index is 3.96. The van der Waals surface area contributed by atoms with Gasteiger partial charge in [-0.1, -0.05) is 18.2 Å². The minimum Gasteiger partial charge on any atom is -0.384 e. The van der Waals surface area contributed by atoms with Gasteiger partial charge >= 0.3 is 0 Å². The van der Waals surface area contributed by atoms with Crippen molar-refractivity contribution in [2.45, 2.75) is 20.3 Å². The van der Waals surface area contributed by atoms with Crippen molar-refractivity contribution in [2.75, 3.05) is 6.54 Å². The van der Waals surface area contributed by atoms with Crippen LogP contribution in [0.3, 0.4) is 0 Å². The molecule has 0 radical (unpaired) electrons. The maximum Gasteiger partial charge on any atom is 0.0370 e. The van der Waals surface area contributed by atoms with Gasteiger partial charge in [0.2, 0.25) is 0 Å². The van der Waals surface area contributed by atoms with Crippen LogP contribution >= 0.6 is 0 Å². The maximum atomic E-state index is 3.96. The second kappa shape index (κ2) is 3.42. The highest BCUT2D eigenvalue weighted by Crippen LogP contribution is 2.16. The van der Waals surface area contributed by atoms with Gasteiger partial charge in [-0.2, -0.15) is 0 Å². The summed E-state index contributed by atoms with van der Waals surface area (Å²) in [5.41, 5.74) is 3.72. The standard InChI is InChI=1S/C10H15N/c1-4-8(2)7-10-9(3)5-6-11-10/h4,7,11H,3,5-6H2,1-2H3/b8-4-,10-7+. The van der Waals surface area contributed by atoms with E-state index >= 15 is 0 Å². The van der Waals surface area contributed by atoms with E-state index < -0.39 is 0 Å². The van der Waals surface area contributed by atoms with Crippen LogP contribution in [0.25, 0.3) is 0 Å². The average molecular weight is 149 g/mol. The van der Waals surface area contributed by atoms with E-state index in [1.165, 1.54) is 16.8 Å². The second-order valence-electron chi connectivity index (χ2n) is 2.87. The quantitative estimate of drug-likeness (QED) is 0.603. The first kappa shape index (κ1) is 8.12. The Morgan fingerprint density at radius 2 is 2.36 bits per heavy atom. The normalized spacial score (nSPS) is 22.5. The summed E-state index contributed by atoms with van der Waals surface area (Å²) >= 11 is 0. The van der Waals surface area contributed by atoms with Gasteiger partial charge in [-0.15, -0.1) is 0 Å². The molecule has 1 heteroatoms. The van der Waals surface area contributed by atoms with Gasteiger partial charge in [-0.3, -0.25) is 0 Å². The number of rotatable bonds is 1. The predicted octanol–water partition coefficient (Wildman–Crippen LogP) is 2.39. The van der Waals surface area contributed by atoms with Gasteiger partial charge < -0.3 is 5.32 Å². The topological polar surface area (TPSA) is 12.0 Å². The number of hydrogen-bond acceptors (Lipinski definition) is 1. The largest absolute Gasteiger partial charge is 0.384 e. The Bertz CT molecular complexity index is 221. The molecule has 1 fully saturated rings. The third kappa shape index (κ3) is 1.97. The van der Waals surface area contributed by atoms with E-state index in [-0.39, 0.29) is 0 Å². The van der Waals surface area contributed by atoms with Crippen molar-refractivity contribution in [1.82, 2.24) is 5.32 Å². The first-order valence-corrected chi connectivity index (χ1v) is 4.00. The Morgan fingerprint density at radius 3 is 2.82 bits per heavy atom. The van der Waals surface area contributed by atoms with Crippen molar-refractivity contribution in [3.63, 3.8) is 0 Å². The van der Waals surface area contributed by atoms with Gasteiger partial charge in [0.1, 0.15) is 0 Å². The molecule has 0 aromatic rings. The lowest BCUT2D eigenvalue weighted by atomic mass is 10.1. The Kier molecular flexibility index (Phi) is 2.53. The molecular formula is C10H15N. The molecule has 11 heavy (non-hydrogen) atoms. The molecule has 0 aromatic carbocycles. The highest BCUT2D eigenvalue weighted by molar-refractivity contribution is 5.36. The van der Waals surface area contributed by atoms with Crippen molar-refractivity contribution in [1.29, 1.82) is 0 Å². The van der Waals surface area contributed by atoms with Crippen molar-refractivity contribution in [3.05, 3.63) is 35.6 Å². The minimum absolute atomic E-state index is 1.04. The van der Waals surface area contributed by atoms with E-state index in [4.69, 9.17) is 0 Å². The van der Waals surface area contributed by atoms with Gasteiger partial charge in [-0.25, -0.2) is 0 Å². The lowest BCUT2D eigenvalue weighted by molar-refractivity contribution is 0.914. The number of nitrogens with one attached hydrogen (secondary N) is 1. The fraction of sp³-hybridized carbons (Fsp3) is 0.400. The molecule has 1 heterocycles. The summed E-state index contributed by atoms with van der Waals surface area (Å²) < 4.78 is 0. The molecular weight excluding hydrogens is 134 g/mol. The molecule has 1 rings (SSSR count). The highest BCUT2D eigenvalue weighted by Gasteiger charge is 2.08. The van der Waals surface area contributed by atoms with Crippen LogP contribution in [0, 0.1) is 0 Å². The van der Waals surface area contributed by atoms with Crippen LogP contribution in [0.15, 0.2) is 35.6 Å². The van der Waals surface area contributed by atoms with Crippen molar-refractivity contribution in [2.24, 2.45) is 0 Å². The Balaban J connectivity index is 2.73. The summed E-state index contributed by atoms with van der Waals surface area (Å²) in [4.78, 5) is 0. The molecule has 0 atom stereocenters. The minimum atomic E-state index is 1.04. The van der Waals surface area contributed by atoms with Crippen LogP contribution in [0.1, 0.15) is 20.3 Å². The molecule has 0 saturated carbocycles. The zero-order valence-corrected chi connectivity index (χ0v) is 7.28. The molecule has 0 aliphatic carbocycles. The summed E-state index contributed by atoms with van der Waals surface area (Å²) in [5.74, 6) is 0. The first-order valence-electron chi connectivity index (χ1n) is 4.00. The van der Waals surface area contributed by atoms with Gasteiger partial charge in [0.05, 0.1) is 0 Å². The van der Waals surface area contributed by atoms with Gasteiger partial charge in [0, 0.05) is 12.2 Å². The fourth-order valence-corrected chi connectivity index (χ4v) is 1.07. The first-order chi connectivity index (χ1) is 5.24. The molecule has 0 bridgehead atoms. The average Bonchev–Trinajstić information content (AvgIpc) is 2.37. The number of allylic oxidation sites excluding steroid dienone is 4. The molecule has 1 nitrogen and oxygen atoms in total. The Hall–Kier alpha value is -0.980. The number of hydrogen-bond donors (Lipinski definition) is 1. The SMILES string of the molecule is C=C1CCN/C1=C/C(C)=C\C. The van der Waals surface area contributed by atoms with Crippen molar-refractivity contribution >= 4 is 0 Å². The zero-order valence-electron chi connectivity index (χ0n) is 7.28. The summed E-state index contributed by atoms with van der Waals surface area (Å²) in [6.07, 6.45) is 5.33. The van der Waals surface area contributed by atoms with Gasteiger partial charge in [-0.05, 0) is 31.9 Å². The molecule has 0 aromatic heterocycles. The van der Waals surface area contributed by atoms with Crippen LogP contribution in [0.5, 0.6) is 0 Å². The lowest BCUT2D eigenvalue weighted by Gasteiger charge is -1.99. The van der Waals surface area contributed by atoms with E-state index in [9.17, 15) is 0 Å². The summed E-state index contributed by atoms with van der Waals surface area (Å²) in [6, 6.07) is 0. The molecule has 0 spiro atoms. The van der Waals surface area contributed by atoms with E-state index in [2.05, 4.69) is 31.0 Å². The Labute approximate surface area is 68.5 Å². The fourth-order valence-electron chi connectivity index (χ4n) is 1.07. The molecule has 60 valence electrons. The van der Waals surface area contributed by atoms with Crippen LogP contribution in [-0.2, 0) is 0 Å². The molecule has 1 aliphatic heterocycles. The lowest BCUT2D eigenvalue weighted by Crippen LogP contribution is -2.03. The van der Waals surface area contributed by atoms with Crippen molar-refractivity contribution in [3.8, 4) is 0 Å². The van der Waals surface area contributed by atoms with E-state index in [0.29, 0.717) is 0 Å². The van der Waals surface area contributed by atoms with Gasteiger partial charge in [0.15, 0.2) is 0 Å². The van der Waals surface area contributed by atoms with E-state index in [1.807, 2.05) is 6.92 Å². The third-order valence-electron chi connectivity index (χ3n) is 1.95. The van der Waals surface area contributed by atoms with Crippen LogP contribution in [0.2, 0.25) is 0 Å². The molecule has 1 saturated heterocycles. The van der Waals surface area contributed by atoms with E-state index in [1.54, 1.807) is 0 Å². The zero-order chi connectivity index (χ0) is 8.27. The smallest absolute Gasteiger partial charge is 0.0370 e. The molecule has 0 unspecified atom stereocenters. The van der Waals surface area contributed by atoms with Crippen LogP contribution < -0.4 is 5.32 Å². The summed E-state index contributed by atoms with van der Waals surface area (Å²) in [6.45, 7) is 9.15. The second-order valence-corrected chi connectivity index (χ2v) is 2.87. The summed E-state index contributed by atoms with van der Waals surface area (Å²) in [7, 11) is 0.